The highest BCUT2D eigenvalue weighted by Gasteiger charge is 2.21. The van der Waals surface area contributed by atoms with Gasteiger partial charge in [-0.1, -0.05) is 25.1 Å². The fourth-order valence-corrected chi connectivity index (χ4v) is 3.75. The number of para-hydroxylation sites is 1. The van der Waals surface area contributed by atoms with Crippen LogP contribution in [0.2, 0.25) is 0 Å². The van der Waals surface area contributed by atoms with E-state index in [-0.39, 0.29) is 6.04 Å². The molecule has 1 atom stereocenters. The van der Waals surface area contributed by atoms with Gasteiger partial charge in [-0.25, -0.2) is 8.42 Å². The molecule has 3 nitrogen and oxygen atoms in total. The normalized spacial score (nSPS) is 18.8. The maximum absolute atomic E-state index is 11.6. The van der Waals surface area contributed by atoms with E-state index in [2.05, 4.69) is 17.4 Å². The van der Waals surface area contributed by atoms with Crippen LogP contribution in [0, 0.1) is 0 Å². The van der Waals surface area contributed by atoms with Crippen molar-refractivity contribution in [3.63, 3.8) is 0 Å². The molecule has 0 radical (unpaired) electrons. The molecule has 1 aromatic carbocycles. The van der Waals surface area contributed by atoms with Crippen molar-refractivity contribution in [3.8, 4) is 0 Å². The molecule has 0 aromatic heterocycles. The maximum Gasteiger partial charge on any atom is 0.150 e. The van der Waals surface area contributed by atoms with Gasteiger partial charge in [0.15, 0.2) is 0 Å². The molecular formula is C13H19NO2S. The fraction of sp³-hybridized carbons (Fsp3) is 0.538. The Labute approximate surface area is 103 Å². The van der Waals surface area contributed by atoms with Crippen LogP contribution in [0.25, 0.3) is 0 Å². The second kappa shape index (κ2) is 5.08. The van der Waals surface area contributed by atoms with Crippen LogP contribution < -0.4 is 5.32 Å². The Morgan fingerprint density at radius 3 is 2.76 bits per heavy atom. The van der Waals surface area contributed by atoms with Gasteiger partial charge in [0, 0.05) is 17.5 Å². The van der Waals surface area contributed by atoms with Crippen molar-refractivity contribution < 1.29 is 8.42 Å². The first-order chi connectivity index (χ1) is 8.11. The molecule has 0 saturated carbocycles. The van der Waals surface area contributed by atoms with Crippen molar-refractivity contribution >= 4 is 15.5 Å². The van der Waals surface area contributed by atoms with E-state index < -0.39 is 9.84 Å². The zero-order valence-corrected chi connectivity index (χ0v) is 11.0. The van der Waals surface area contributed by atoms with Gasteiger partial charge in [-0.3, -0.25) is 0 Å². The number of fused-ring (bicyclic) bond motifs is 1. The SMILES string of the molecule is CCCS(=O)(=O)CCC1Cc2ccccc2N1. The fourth-order valence-electron chi connectivity index (χ4n) is 2.28. The van der Waals surface area contributed by atoms with E-state index in [4.69, 9.17) is 0 Å². The van der Waals surface area contributed by atoms with Crippen LogP contribution in [-0.4, -0.2) is 26.0 Å². The smallest absolute Gasteiger partial charge is 0.150 e. The second-order valence-corrected chi connectivity index (χ2v) is 6.95. The number of rotatable bonds is 5. The summed E-state index contributed by atoms with van der Waals surface area (Å²) in [5.74, 6) is 0.610. The van der Waals surface area contributed by atoms with Crippen LogP contribution in [0.15, 0.2) is 24.3 Å². The number of benzene rings is 1. The first-order valence-corrected chi connectivity index (χ1v) is 7.98. The molecule has 1 N–H and O–H groups in total. The van der Waals surface area contributed by atoms with E-state index in [1.165, 1.54) is 5.56 Å². The molecule has 94 valence electrons. The summed E-state index contributed by atoms with van der Waals surface area (Å²) in [4.78, 5) is 0. The third-order valence-corrected chi connectivity index (χ3v) is 5.02. The van der Waals surface area contributed by atoms with Crippen LogP contribution in [0.3, 0.4) is 0 Å². The van der Waals surface area contributed by atoms with Crippen molar-refractivity contribution in [2.75, 3.05) is 16.8 Å². The summed E-state index contributed by atoms with van der Waals surface area (Å²) in [6, 6.07) is 8.45. The molecule has 0 bridgehead atoms. The number of hydrogen-bond acceptors (Lipinski definition) is 3. The van der Waals surface area contributed by atoms with E-state index in [1.54, 1.807) is 0 Å². The van der Waals surface area contributed by atoms with Gasteiger partial charge in [0.25, 0.3) is 0 Å². The van der Waals surface area contributed by atoms with Gasteiger partial charge in [0.05, 0.1) is 5.75 Å². The molecule has 0 saturated heterocycles. The highest BCUT2D eigenvalue weighted by atomic mass is 32.2. The Kier molecular flexibility index (Phi) is 3.72. The minimum absolute atomic E-state index is 0.277. The molecule has 0 amide bonds. The highest BCUT2D eigenvalue weighted by molar-refractivity contribution is 7.91. The van der Waals surface area contributed by atoms with E-state index >= 15 is 0 Å². The van der Waals surface area contributed by atoms with Gasteiger partial charge >= 0.3 is 0 Å². The van der Waals surface area contributed by atoms with E-state index in [1.807, 2.05) is 19.1 Å². The molecule has 0 aliphatic carbocycles. The van der Waals surface area contributed by atoms with E-state index in [9.17, 15) is 8.42 Å². The molecule has 1 heterocycles. The predicted octanol–water partition coefficient (Wildman–Crippen LogP) is 2.24. The topological polar surface area (TPSA) is 46.2 Å². The van der Waals surface area contributed by atoms with Crippen molar-refractivity contribution in [2.24, 2.45) is 0 Å². The van der Waals surface area contributed by atoms with E-state index in [0.717, 1.165) is 12.1 Å². The zero-order chi connectivity index (χ0) is 12.3. The Bertz CT molecular complexity index is 457. The maximum atomic E-state index is 11.6. The molecule has 17 heavy (non-hydrogen) atoms. The summed E-state index contributed by atoms with van der Waals surface area (Å²) in [6.45, 7) is 1.90. The van der Waals surface area contributed by atoms with Gasteiger partial charge < -0.3 is 5.32 Å². The standard InChI is InChI=1S/C13H19NO2S/c1-2-8-17(15,16)9-7-12-10-11-5-3-4-6-13(11)14-12/h3-6,12,14H,2,7-10H2,1H3. The summed E-state index contributed by atoms with van der Waals surface area (Å²) >= 11 is 0. The van der Waals surface area contributed by atoms with Gasteiger partial charge in [-0.2, -0.15) is 0 Å². The van der Waals surface area contributed by atoms with Gasteiger partial charge in [0.1, 0.15) is 9.84 Å². The van der Waals surface area contributed by atoms with Crippen molar-refractivity contribution in [3.05, 3.63) is 29.8 Å². The summed E-state index contributed by atoms with van der Waals surface area (Å²) < 4.78 is 23.3. The summed E-state index contributed by atoms with van der Waals surface area (Å²) in [5.41, 5.74) is 2.45. The van der Waals surface area contributed by atoms with Gasteiger partial charge in [0.2, 0.25) is 0 Å². The lowest BCUT2D eigenvalue weighted by atomic mass is 10.1. The number of anilines is 1. The average Bonchev–Trinajstić information content (AvgIpc) is 2.69. The van der Waals surface area contributed by atoms with Crippen LogP contribution in [-0.2, 0) is 16.3 Å². The van der Waals surface area contributed by atoms with Gasteiger partial charge in [-0.05, 0) is 30.9 Å². The Morgan fingerprint density at radius 1 is 1.29 bits per heavy atom. The highest BCUT2D eigenvalue weighted by Crippen LogP contribution is 2.26. The predicted molar refractivity (Wildman–Crippen MR) is 71.1 cm³/mol. The van der Waals surface area contributed by atoms with Crippen LogP contribution in [0.4, 0.5) is 5.69 Å². The molecular weight excluding hydrogens is 234 g/mol. The lowest BCUT2D eigenvalue weighted by molar-refractivity contribution is 0.587. The lowest BCUT2D eigenvalue weighted by Crippen LogP contribution is -2.21. The largest absolute Gasteiger partial charge is 0.382 e. The molecule has 1 unspecified atom stereocenters. The quantitative estimate of drug-likeness (QED) is 0.875. The molecule has 0 spiro atoms. The molecule has 1 aromatic rings. The molecule has 2 rings (SSSR count). The van der Waals surface area contributed by atoms with Crippen LogP contribution in [0.5, 0.6) is 0 Å². The minimum atomic E-state index is -2.85. The van der Waals surface area contributed by atoms with Crippen molar-refractivity contribution in [1.82, 2.24) is 0 Å². The number of hydrogen-bond donors (Lipinski definition) is 1. The molecule has 0 fully saturated rings. The first-order valence-electron chi connectivity index (χ1n) is 6.15. The monoisotopic (exact) mass is 253 g/mol. The Balaban J connectivity index is 1.88. The Morgan fingerprint density at radius 2 is 2.06 bits per heavy atom. The second-order valence-electron chi connectivity index (χ2n) is 4.64. The summed E-state index contributed by atoms with van der Waals surface area (Å²) in [7, 11) is -2.85. The minimum Gasteiger partial charge on any atom is -0.382 e. The first kappa shape index (κ1) is 12.4. The molecule has 4 heteroatoms. The number of nitrogens with one attached hydrogen (secondary N) is 1. The third kappa shape index (κ3) is 3.22. The van der Waals surface area contributed by atoms with Gasteiger partial charge in [-0.15, -0.1) is 0 Å². The van der Waals surface area contributed by atoms with Crippen molar-refractivity contribution in [1.29, 1.82) is 0 Å². The molecule has 1 aliphatic rings. The molecule has 1 aliphatic heterocycles. The average molecular weight is 253 g/mol. The van der Waals surface area contributed by atoms with Crippen LogP contribution >= 0.6 is 0 Å². The lowest BCUT2D eigenvalue weighted by Gasteiger charge is -2.11. The summed E-state index contributed by atoms with van der Waals surface area (Å²) in [6.07, 6.45) is 2.36. The van der Waals surface area contributed by atoms with E-state index in [0.29, 0.717) is 24.3 Å². The number of sulfone groups is 1. The van der Waals surface area contributed by atoms with Crippen LogP contribution in [0.1, 0.15) is 25.3 Å². The zero-order valence-electron chi connectivity index (χ0n) is 10.1. The van der Waals surface area contributed by atoms with Crippen molar-refractivity contribution in [2.45, 2.75) is 32.2 Å². The Hall–Kier alpha value is -1.03. The summed E-state index contributed by atoms with van der Waals surface area (Å²) in [5, 5.41) is 3.38. The third-order valence-electron chi connectivity index (χ3n) is 3.14.